The van der Waals surface area contributed by atoms with Gasteiger partial charge in [0.15, 0.2) is 0 Å². The Morgan fingerprint density at radius 3 is 3.12 bits per heavy atom. The quantitative estimate of drug-likeness (QED) is 0.612. The molecule has 16 heavy (non-hydrogen) atoms. The highest BCUT2D eigenvalue weighted by Gasteiger charge is 2.37. The minimum Gasteiger partial charge on any atom is -0.374 e. The average Bonchev–Trinajstić information content (AvgIpc) is 2.91. The summed E-state index contributed by atoms with van der Waals surface area (Å²) in [6.07, 6.45) is 4.35. The van der Waals surface area contributed by atoms with Gasteiger partial charge >= 0.3 is 0 Å². The Morgan fingerprint density at radius 1 is 1.69 bits per heavy atom. The van der Waals surface area contributed by atoms with Gasteiger partial charge in [0.05, 0.1) is 11.6 Å². The van der Waals surface area contributed by atoms with E-state index in [4.69, 9.17) is 10.6 Å². The molecule has 4 heteroatoms. The molecule has 1 saturated heterocycles. The van der Waals surface area contributed by atoms with Crippen molar-refractivity contribution in [3.05, 3.63) is 22.4 Å². The first-order valence-electron chi connectivity index (χ1n) is 5.86. The van der Waals surface area contributed by atoms with Gasteiger partial charge < -0.3 is 4.74 Å². The zero-order valence-electron chi connectivity index (χ0n) is 9.74. The van der Waals surface area contributed by atoms with Crippen LogP contribution in [0.25, 0.3) is 0 Å². The van der Waals surface area contributed by atoms with Gasteiger partial charge in [0.1, 0.15) is 0 Å². The Bertz CT molecular complexity index is 307. The van der Waals surface area contributed by atoms with E-state index >= 15 is 0 Å². The fraction of sp³-hybridized carbons (Fsp3) is 0.667. The number of nitrogens with one attached hydrogen (secondary N) is 1. The van der Waals surface area contributed by atoms with E-state index in [-0.39, 0.29) is 11.6 Å². The van der Waals surface area contributed by atoms with Crippen LogP contribution in [0.15, 0.2) is 16.8 Å². The van der Waals surface area contributed by atoms with Gasteiger partial charge in [-0.05, 0) is 55.0 Å². The maximum atomic E-state index is 5.82. The van der Waals surface area contributed by atoms with Gasteiger partial charge in [0.2, 0.25) is 0 Å². The number of hydrazine groups is 1. The fourth-order valence-electron chi connectivity index (χ4n) is 2.39. The molecule has 0 amide bonds. The molecule has 0 radical (unpaired) electrons. The largest absolute Gasteiger partial charge is 0.374 e. The Morgan fingerprint density at radius 2 is 2.56 bits per heavy atom. The highest BCUT2D eigenvalue weighted by Crippen LogP contribution is 2.30. The second-order valence-electron chi connectivity index (χ2n) is 4.65. The minimum absolute atomic E-state index is 0.0786. The van der Waals surface area contributed by atoms with Crippen LogP contribution in [0.2, 0.25) is 0 Å². The second-order valence-corrected chi connectivity index (χ2v) is 5.43. The van der Waals surface area contributed by atoms with Gasteiger partial charge in [-0.3, -0.25) is 11.3 Å². The molecule has 0 saturated carbocycles. The standard InChI is InChI=1S/C12H20N2OS/c1-12(6-2-7-15-12)11(14-13)4-3-10-5-8-16-9-10/h5,8-9,11,14H,2-4,6-7,13H2,1H3. The topological polar surface area (TPSA) is 47.3 Å². The number of hydrogen-bond donors (Lipinski definition) is 2. The molecule has 2 unspecified atom stereocenters. The van der Waals surface area contributed by atoms with Crippen LogP contribution >= 0.6 is 11.3 Å². The summed E-state index contributed by atoms with van der Waals surface area (Å²) in [6.45, 7) is 3.03. The van der Waals surface area contributed by atoms with E-state index in [2.05, 4.69) is 29.2 Å². The lowest BCUT2D eigenvalue weighted by Gasteiger charge is -2.32. The molecule has 1 aromatic heterocycles. The van der Waals surface area contributed by atoms with Gasteiger partial charge in [-0.25, -0.2) is 0 Å². The normalized spacial score (nSPS) is 27.1. The van der Waals surface area contributed by atoms with E-state index in [0.717, 1.165) is 32.3 Å². The van der Waals surface area contributed by atoms with Gasteiger partial charge in [-0.15, -0.1) is 0 Å². The molecule has 2 heterocycles. The monoisotopic (exact) mass is 240 g/mol. The van der Waals surface area contributed by atoms with Crippen molar-refractivity contribution >= 4 is 11.3 Å². The maximum absolute atomic E-state index is 5.82. The van der Waals surface area contributed by atoms with Crippen LogP contribution in [0.3, 0.4) is 0 Å². The summed E-state index contributed by atoms with van der Waals surface area (Å²) in [5.41, 5.74) is 4.24. The maximum Gasteiger partial charge on any atom is 0.0821 e. The third-order valence-corrected chi connectivity index (χ3v) is 4.22. The second kappa shape index (κ2) is 5.27. The molecule has 1 aliphatic heterocycles. The first kappa shape index (κ1) is 12.0. The summed E-state index contributed by atoms with van der Waals surface area (Å²) in [5.74, 6) is 5.65. The zero-order valence-corrected chi connectivity index (χ0v) is 10.6. The Balaban J connectivity index is 1.90. The van der Waals surface area contributed by atoms with E-state index in [1.54, 1.807) is 11.3 Å². The molecular weight excluding hydrogens is 220 g/mol. The molecule has 0 spiro atoms. The average molecular weight is 240 g/mol. The molecule has 2 rings (SSSR count). The smallest absolute Gasteiger partial charge is 0.0821 e. The van der Waals surface area contributed by atoms with Crippen molar-refractivity contribution in [3.63, 3.8) is 0 Å². The lowest BCUT2D eigenvalue weighted by Crippen LogP contribution is -2.51. The summed E-state index contributed by atoms with van der Waals surface area (Å²) in [5, 5.41) is 4.32. The molecule has 0 aromatic carbocycles. The Labute approximate surface area is 101 Å². The van der Waals surface area contributed by atoms with E-state index in [9.17, 15) is 0 Å². The van der Waals surface area contributed by atoms with Crippen molar-refractivity contribution in [2.45, 2.75) is 44.2 Å². The molecule has 1 aliphatic rings. The van der Waals surface area contributed by atoms with E-state index in [0.29, 0.717) is 0 Å². The molecule has 1 fully saturated rings. The van der Waals surface area contributed by atoms with Crippen molar-refractivity contribution in [2.24, 2.45) is 5.84 Å². The zero-order chi connectivity index (χ0) is 11.4. The van der Waals surface area contributed by atoms with Crippen molar-refractivity contribution in [1.29, 1.82) is 0 Å². The summed E-state index contributed by atoms with van der Waals surface area (Å²) in [4.78, 5) is 0. The molecule has 2 atom stereocenters. The summed E-state index contributed by atoms with van der Waals surface area (Å²) in [7, 11) is 0. The number of aryl methyl sites for hydroxylation is 1. The van der Waals surface area contributed by atoms with E-state index in [1.165, 1.54) is 5.56 Å². The number of ether oxygens (including phenoxy) is 1. The molecule has 3 N–H and O–H groups in total. The van der Waals surface area contributed by atoms with Gasteiger partial charge in [0, 0.05) is 6.61 Å². The van der Waals surface area contributed by atoms with Crippen molar-refractivity contribution in [2.75, 3.05) is 6.61 Å². The summed E-state index contributed by atoms with van der Waals surface area (Å²) < 4.78 is 5.82. The predicted octanol–water partition coefficient (Wildman–Crippen LogP) is 2.08. The first-order chi connectivity index (χ1) is 7.74. The minimum atomic E-state index is -0.0786. The molecule has 0 bridgehead atoms. The number of hydrogen-bond acceptors (Lipinski definition) is 4. The van der Waals surface area contributed by atoms with Crippen LogP contribution < -0.4 is 11.3 Å². The molecular formula is C12H20N2OS. The van der Waals surface area contributed by atoms with E-state index < -0.39 is 0 Å². The van der Waals surface area contributed by atoms with Crippen LogP contribution in [-0.2, 0) is 11.2 Å². The fourth-order valence-corrected chi connectivity index (χ4v) is 3.09. The molecule has 1 aromatic rings. The predicted molar refractivity (Wildman–Crippen MR) is 67.3 cm³/mol. The van der Waals surface area contributed by atoms with Crippen LogP contribution in [0.1, 0.15) is 31.7 Å². The van der Waals surface area contributed by atoms with E-state index in [1.807, 2.05) is 0 Å². The number of rotatable bonds is 5. The molecule has 90 valence electrons. The van der Waals surface area contributed by atoms with Crippen LogP contribution in [0.4, 0.5) is 0 Å². The lowest BCUT2D eigenvalue weighted by molar-refractivity contribution is -0.0137. The number of nitrogens with two attached hydrogens (primary N) is 1. The first-order valence-corrected chi connectivity index (χ1v) is 6.80. The Hall–Kier alpha value is -0.420. The van der Waals surface area contributed by atoms with Crippen molar-refractivity contribution in [3.8, 4) is 0 Å². The van der Waals surface area contributed by atoms with Crippen LogP contribution in [-0.4, -0.2) is 18.2 Å². The summed E-state index contributed by atoms with van der Waals surface area (Å²) in [6, 6.07) is 2.42. The van der Waals surface area contributed by atoms with Gasteiger partial charge in [-0.2, -0.15) is 11.3 Å². The lowest BCUT2D eigenvalue weighted by atomic mass is 9.89. The summed E-state index contributed by atoms with van der Waals surface area (Å²) >= 11 is 1.75. The molecule has 3 nitrogen and oxygen atoms in total. The SMILES string of the molecule is CC1(C(CCc2ccsc2)NN)CCCO1. The van der Waals surface area contributed by atoms with Gasteiger partial charge in [0.25, 0.3) is 0 Å². The van der Waals surface area contributed by atoms with Gasteiger partial charge in [-0.1, -0.05) is 0 Å². The highest BCUT2D eigenvalue weighted by atomic mass is 32.1. The number of thiophene rings is 1. The van der Waals surface area contributed by atoms with Crippen molar-refractivity contribution < 1.29 is 4.74 Å². The Kier molecular flexibility index (Phi) is 3.97. The van der Waals surface area contributed by atoms with Crippen molar-refractivity contribution in [1.82, 2.24) is 5.43 Å². The third-order valence-electron chi connectivity index (χ3n) is 3.49. The highest BCUT2D eigenvalue weighted by molar-refractivity contribution is 7.07. The van der Waals surface area contributed by atoms with Crippen LogP contribution in [0, 0.1) is 0 Å². The third kappa shape index (κ3) is 2.63. The molecule has 0 aliphatic carbocycles. The van der Waals surface area contributed by atoms with Crippen LogP contribution in [0.5, 0.6) is 0 Å².